The number of hydrogen-bond acceptors (Lipinski definition) is 6. The molecular weight excluding hydrogens is 410 g/mol. The van der Waals surface area contributed by atoms with Gasteiger partial charge in [0.05, 0.1) is 18.8 Å². The average molecular weight is 440 g/mol. The molecule has 2 aromatic carbocycles. The maximum Gasteiger partial charge on any atom is 0.257 e. The Hall–Kier alpha value is -3.26. The molecule has 0 spiro atoms. The zero-order valence-corrected chi connectivity index (χ0v) is 18.4. The summed E-state index contributed by atoms with van der Waals surface area (Å²) in [5, 5.41) is 6.19. The molecule has 0 bridgehead atoms. The van der Waals surface area contributed by atoms with Crippen LogP contribution in [-0.2, 0) is 9.53 Å². The number of likely N-dealkylation sites (N-methyl/N-ethyl adjacent to an activating group) is 1. The highest BCUT2D eigenvalue weighted by atomic mass is 16.5. The van der Waals surface area contributed by atoms with E-state index in [-0.39, 0.29) is 30.7 Å². The lowest BCUT2D eigenvalue weighted by Crippen LogP contribution is -2.46. The molecule has 2 aliphatic rings. The monoisotopic (exact) mass is 439 g/mol. The molecule has 2 heterocycles. The molecule has 8 nitrogen and oxygen atoms in total. The summed E-state index contributed by atoms with van der Waals surface area (Å²) in [6, 6.07) is 13.0. The van der Waals surface area contributed by atoms with E-state index < -0.39 is 0 Å². The highest BCUT2D eigenvalue weighted by molar-refractivity contribution is 6.01. The Bertz CT molecular complexity index is 974. The molecule has 2 aromatic rings. The van der Waals surface area contributed by atoms with Crippen LogP contribution in [0.15, 0.2) is 42.5 Å². The summed E-state index contributed by atoms with van der Waals surface area (Å²) < 4.78 is 17.0. The standard InChI is InChI=1S/C24H29N3O5/c1-3-25-22(28)15-32-20-11-10-16(13-21(20)30-2)23-26-19-9-5-4-8-18(19)24(29)27(23)14-17-7-6-12-31-17/h4-5,8-11,13,17,23,26H,3,6-7,12,14-15H2,1-2H3,(H,25,28). The first kappa shape index (κ1) is 22.0. The van der Waals surface area contributed by atoms with Crippen molar-refractivity contribution in [2.24, 2.45) is 0 Å². The molecular formula is C24H29N3O5. The lowest BCUT2D eigenvalue weighted by Gasteiger charge is -2.39. The van der Waals surface area contributed by atoms with E-state index in [1.807, 2.05) is 48.2 Å². The van der Waals surface area contributed by atoms with Crippen LogP contribution in [0.3, 0.4) is 0 Å². The van der Waals surface area contributed by atoms with E-state index >= 15 is 0 Å². The van der Waals surface area contributed by atoms with Gasteiger partial charge in [-0.1, -0.05) is 18.2 Å². The van der Waals surface area contributed by atoms with Crippen molar-refractivity contribution in [3.05, 3.63) is 53.6 Å². The Morgan fingerprint density at radius 3 is 2.84 bits per heavy atom. The minimum absolute atomic E-state index is 0.0232. The number of hydrogen-bond donors (Lipinski definition) is 2. The van der Waals surface area contributed by atoms with Crippen LogP contribution >= 0.6 is 0 Å². The third kappa shape index (κ3) is 4.65. The number of rotatable bonds is 8. The minimum atomic E-state index is -0.382. The Labute approximate surface area is 187 Å². The molecule has 170 valence electrons. The second-order valence-corrected chi connectivity index (χ2v) is 7.84. The third-order valence-corrected chi connectivity index (χ3v) is 5.68. The Morgan fingerprint density at radius 2 is 2.09 bits per heavy atom. The molecule has 1 saturated heterocycles. The molecule has 0 aliphatic carbocycles. The number of methoxy groups -OCH3 is 1. The van der Waals surface area contributed by atoms with Crippen LogP contribution in [0.1, 0.15) is 41.9 Å². The van der Waals surface area contributed by atoms with Crippen LogP contribution < -0.4 is 20.1 Å². The summed E-state index contributed by atoms with van der Waals surface area (Å²) in [4.78, 5) is 26.9. The zero-order valence-electron chi connectivity index (χ0n) is 18.4. The smallest absolute Gasteiger partial charge is 0.257 e. The van der Waals surface area contributed by atoms with Crippen LogP contribution in [0.2, 0.25) is 0 Å². The highest BCUT2D eigenvalue weighted by Crippen LogP contribution is 2.37. The fourth-order valence-electron chi connectivity index (χ4n) is 4.12. The Kier molecular flexibility index (Phi) is 6.80. The number of nitrogens with zero attached hydrogens (tertiary/aromatic N) is 1. The maximum atomic E-state index is 13.4. The largest absolute Gasteiger partial charge is 0.493 e. The lowest BCUT2D eigenvalue weighted by molar-refractivity contribution is -0.123. The molecule has 2 amide bonds. The highest BCUT2D eigenvalue weighted by Gasteiger charge is 2.35. The first-order valence-electron chi connectivity index (χ1n) is 11.0. The van der Waals surface area contributed by atoms with Crippen LogP contribution in [0.4, 0.5) is 5.69 Å². The quantitative estimate of drug-likeness (QED) is 0.658. The first-order valence-corrected chi connectivity index (χ1v) is 11.0. The first-order chi connectivity index (χ1) is 15.6. The van der Waals surface area contributed by atoms with Crippen LogP contribution in [-0.4, -0.2) is 56.2 Å². The Morgan fingerprint density at radius 1 is 1.25 bits per heavy atom. The normalized spacial score (nSPS) is 19.8. The Balaban J connectivity index is 1.61. The summed E-state index contributed by atoms with van der Waals surface area (Å²) in [6.07, 6.45) is 1.59. The molecule has 2 atom stereocenters. The van der Waals surface area contributed by atoms with Gasteiger partial charge < -0.3 is 29.7 Å². The lowest BCUT2D eigenvalue weighted by atomic mass is 10.0. The molecule has 2 unspecified atom stereocenters. The number of para-hydroxylation sites is 1. The minimum Gasteiger partial charge on any atom is -0.493 e. The summed E-state index contributed by atoms with van der Waals surface area (Å²) in [6.45, 7) is 3.53. The van der Waals surface area contributed by atoms with Crippen molar-refractivity contribution in [2.75, 3.05) is 38.7 Å². The molecule has 2 aliphatic heterocycles. The van der Waals surface area contributed by atoms with Gasteiger partial charge in [0, 0.05) is 25.4 Å². The van der Waals surface area contributed by atoms with Crippen molar-refractivity contribution in [3.8, 4) is 11.5 Å². The van der Waals surface area contributed by atoms with Gasteiger partial charge in [-0.15, -0.1) is 0 Å². The number of carbonyl (C=O) groups is 2. The zero-order chi connectivity index (χ0) is 22.5. The molecule has 8 heteroatoms. The number of nitrogens with one attached hydrogen (secondary N) is 2. The van der Waals surface area contributed by atoms with Gasteiger partial charge in [-0.25, -0.2) is 0 Å². The second kappa shape index (κ2) is 9.91. The van der Waals surface area contributed by atoms with Crippen molar-refractivity contribution >= 4 is 17.5 Å². The number of fused-ring (bicyclic) bond motifs is 1. The fourth-order valence-corrected chi connectivity index (χ4v) is 4.12. The molecule has 0 saturated carbocycles. The van der Waals surface area contributed by atoms with Crippen molar-refractivity contribution in [1.82, 2.24) is 10.2 Å². The molecule has 2 N–H and O–H groups in total. The summed E-state index contributed by atoms with van der Waals surface area (Å²) in [5.41, 5.74) is 2.30. The number of carbonyl (C=O) groups excluding carboxylic acids is 2. The van der Waals surface area contributed by atoms with E-state index in [1.54, 1.807) is 13.2 Å². The van der Waals surface area contributed by atoms with E-state index in [0.29, 0.717) is 30.2 Å². The van der Waals surface area contributed by atoms with Crippen molar-refractivity contribution in [2.45, 2.75) is 32.0 Å². The van der Waals surface area contributed by atoms with E-state index in [9.17, 15) is 9.59 Å². The van der Waals surface area contributed by atoms with Gasteiger partial charge in [-0.05, 0) is 49.6 Å². The molecule has 0 aromatic heterocycles. The SMILES string of the molecule is CCNC(=O)COc1ccc(C2Nc3ccccc3C(=O)N2CC2CCCO2)cc1OC. The molecule has 32 heavy (non-hydrogen) atoms. The number of amides is 2. The van der Waals surface area contributed by atoms with Crippen molar-refractivity contribution in [3.63, 3.8) is 0 Å². The number of anilines is 1. The predicted molar refractivity (Wildman–Crippen MR) is 120 cm³/mol. The second-order valence-electron chi connectivity index (χ2n) is 7.84. The van der Waals surface area contributed by atoms with Crippen molar-refractivity contribution < 1.29 is 23.8 Å². The topological polar surface area (TPSA) is 89.1 Å². The van der Waals surface area contributed by atoms with Gasteiger partial charge in [0.1, 0.15) is 6.17 Å². The fraction of sp³-hybridized carbons (Fsp3) is 0.417. The number of benzene rings is 2. The summed E-state index contributed by atoms with van der Waals surface area (Å²) in [7, 11) is 1.55. The summed E-state index contributed by atoms with van der Waals surface area (Å²) in [5.74, 6) is 0.737. The van der Waals surface area contributed by atoms with Crippen LogP contribution in [0, 0.1) is 0 Å². The van der Waals surface area contributed by atoms with Crippen molar-refractivity contribution in [1.29, 1.82) is 0 Å². The van der Waals surface area contributed by atoms with Gasteiger partial charge >= 0.3 is 0 Å². The van der Waals surface area contributed by atoms with Gasteiger partial charge in [0.25, 0.3) is 11.8 Å². The van der Waals surface area contributed by atoms with E-state index in [4.69, 9.17) is 14.2 Å². The average Bonchev–Trinajstić information content (AvgIpc) is 3.33. The van der Waals surface area contributed by atoms with Crippen LogP contribution in [0.5, 0.6) is 11.5 Å². The van der Waals surface area contributed by atoms with E-state index in [0.717, 1.165) is 30.7 Å². The molecule has 0 radical (unpaired) electrons. The van der Waals surface area contributed by atoms with Gasteiger partial charge in [-0.2, -0.15) is 0 Å². The maximum absolute atomic E-state index is 13.4. The van der Waals surface area contributed by atoms with E-state index in [2.05, 4.69) is 10.6 Å². The van der Waals surface area contributed by atoms with Gasteiger partial charge in [-0.3, -0.25) is 9.59 Å². The van der Waals surface area contributed by atoms with Gasteiger partial charge in [0.2, 0.25) is 0 Å². The van der Waals surface area contributed by atoms with Gasteiger partial charge in [0.15, 0.2) is 18.1 Å². The molecule has 4 rings (SSSR count). The predicted octanol–water partition coefficient (Wildman–Crippen LogP) is 2.96. The van der Waals surface area contributed by atoms with E-state index in [1.165, 1.54) is 0 Å². The van der Waals surface area contributed by atoms with Crippen LogP contribution in [0.25, 0.3) is 0 Å². The summed E-state index contributed by atoms with van der Waals surface area (Å²) >= 11 is 0. The third-order valence-electron chi connectivity index (χ3n) is 5.68. The molecule has 1 fully saturated rings. The number of ether oxygens (including phenoxy) is 3.